The summed E-state index contributed by atoms with van der Waals surface area (Å²) in [6.07, 6.45) is 5.02. The van der Waals surface area contributed by atoms with E-state index in [1.54, 1.807) is 66.7 Å². The van der Waals surface area contributed by atoms with E-state index >= 15 is 0 Å². The second-order valence-electron chi connectivity index (χ2n) is 10.2. The van der Waals surface area contributed by atoms with E-state index in [1.807, 2.05) is 20.8 Å². The number of nitrogens with zero attached hydrogens (tertiary/aromatic N) is 7. The van der Waals surface area contributed by atoms with Crippen LogP contribution in [0.2, 0.25) is 0 Å². The van der Waals surface area contributed by atoms with Crippen molar-refractivity contribution in [2.24, 2.45) is 7.05 Å². The van der Waals surface area contributed by atoms with Crippen LogP contribution in [0.3, 0.4) is 0 Å². The van der Waals surface area contributed by atoms with Crippen molar-refractivity contribution in [3.05, 3.63) is 90.3 Å². The van der Waals surface area contributed by atoms with Crippen LogP contribution in [0.4, 0.5) is 20.7 Å². The SMILES string of the molecule is Cn1cc(-c2ccnc(Oc3ccc(F)c(NC(=O)Nc4cc(C(C)(C)C)nn4-c4cccc(C#N)c4)c3)n2)cn1. The van der Waals surface area contributed by atoms with Crippen LogP contribution in [0.25, 0.3) is 16.9 Å². The van der Waals surface area contributed by atoms with E-state index in [0.717, 1.165) is 5.56 Å². The van der Waals surface area contributed by atoms with Gasteiger partial charge in [-0.2, -0.15) is 20.4 Å². The first-order chi connectivity index (χ1) is 19.6. The number of carbonyl (C=O) groups excluding carboxylic acids is 1. The Labute approximate surface area is 235 Å². The Morgan fingerprint density at radius 2 is 1.93 bits per heavy atom. The lowest BCUT2D eigenvalue weighted by Gasteiger charge is -2.14. The average Bonchev–Trinajstić information content (AvgIpc) is 3.57. The number of aryl methyl sites for hydroxylation is 1. The van der Waals surface area contributed by atoms with E-state index in [1.165, 1.54) is 22.9 Å². The van der Waals surface area contributed by atoms with Gasteiger partial charge in [-0.3, -0.25) is 10.00 Å². The number of urea groups is 1. The third-order valence-corrected chi connectivity index (χ3v) is 5.97. The molecule has 0 aliphatic heterocycles. The lowest BCUT2D eigenvalue weighted by molar-refractivity contribution is 0.262. The summed E-state index contributed by atoms with van der Waals surface area (Å²) in [7, 11) is 1.80. The van der Waals surface area contributed by atoms with Gasteiger partial charge in [0.2, 0.25) is 0 Å². The number of anilines is 2. The Kier molecular flexibility index (Phi) is 7.18. The third-order valence-electron chi connectivity index (χ3n) is 5.97. The molecule has 5 aromatic rings. The highest BCUT2D eigenvalue weighted by Crippen LogP contribution is 2.28. The molecule has 0 aliphatic carbocycles. The lowest BCUT2D eigenvalue weighted by atomic mass is 9.92. The Bertz CT molecular complexity index is 1780. The summed E-state index contributed by atoms with van der Waals surface area (Å²) in [4.78, 5) is 21.5. The Hall–Kier alpha value is -5.57. The number of ether oxygens (including phenoxy) is 1. The summed E-state index contributed by atoms with van der Waals surface area (Å²) in [5, 5.41) is 23.4. The summed E-state index contributed by atoms with van der Waals surface area (Å²) in [6, 6.07) is 15.7. The van der Waals surface area contributed by atoms with Gasteiger partial charge in [-0.1, -0.05) is 26.8 Å². The van der Waals surface area contributed by atoms with Crippen molar-refractivity contribution in [1.82, 2.24) is 29.5 Å². The second kappa shape index (κ2) is 10.9. The molecule has 0 saturated heterocycles. The fraction of sp³-hybridized carbons (Fsp3) is 0.172. The van der Waals surface area contributed by atoms with Crippen LogP contribution >= 0.6 is 0 Å². The van der Waals surface area contributed by atoms with Crippen molar-refractivity contribution in [3.8, 4) is 34.8 Å². The van der Waals surface area contributed by atoms with E-state index in [4.69, 9.17) is 4.74 Å². The van der Waals surface area contributed by atoms with Gasteiger partial charge in [0.05, 0.1) is 40.6 Å². The van der Waals surface area contributed by atoms with E-state index < -0.39 is 11.8 Å². The van der Waals surface area contributed by atoms with Crippen molar-refractivity contribution >= 4 is 17.5 Å². The summed E-state index contributed by atoms with van der Waals surface area (Å²) in [5.41, 5.74) is 2.70. The van der Waals surface area contributed by atoms with Crippen molar-refractivity contribution in [2.75, 3.05) is 10.6 Å². The minimum absolute atomic E-state index is 0.0478. The maximum atomic E-state index is 14.7. The number of amides is 2. The molecule has 0 saturated carbocycles. The molecular formula is C29H26FN9O2. The molecule has 0 unspecified atom stereocenters. The van der Waals surface area contributed by atoms with Crippen LogP contribution in [0.5, 0.6) is 11.8 Å². The zero-order valence-electron chi connectivity index (χ0n) is 22.8. The minimum atomic E-state index is -0.700. The average molecular weight is 552 g/mol. The molecule has 0 radical (unpaired) electrons. The molecule has 2 amide bonds. The number of rotatable bonds is 6. The highest BCUT2D eigenvalue weighted by molar-refractivity contribution is 5.99. The van der Waals surface area contributed by atoms with E-state index in [2.05, 4.69) is 36.9 Å². The van der Waals surface area contributed by atoms with Gasteiger partial charge in [0.15, 0.2) is 0 Å². The zero-order valence-corrected chi connectivity index (χ0v) is 22.8. The quantitative estimate of drug-likeness (QED) is 0.272. The number of hydrogen-bond donors (Lipinski definition) is 2. The molecule has 206 valence electrons. The van der Waals surface area contributed by atoms with Crippen molar-refractivity contribution in [1.29, 1.82) is 5.26 Å². The fourth-order valence-electron chi connectivity index (χ4n) is 3.88. The summed E-state index contributed by atoms with van der Waals surface area (Å²) in [6.45, 7) is 5.98. The van der Waals surface area contributed by atoms with Crippen LogP contribution in [0, 0.1) is 17.1 Å². The number of hydrogen-bond acceptors (Lipinski definition) is 7. The van der Waals surface area contributed by atoms with Gasteiger partial charge in [-0.05, 0) is 36.4 Å². The third kappa shape index (κ3) is 6.20. The molecule has 0 bridgehead atoms. The number of aromatic nitrogens is 6. The molecule has 5 rings (SSSR count). The Morgan fingerprint density at radius 3 is 2.66 bits per heavy atom. The molecule has 0 spiro atoms. The summed E-state index contributed by atoms with van der Waals surface area (Å²) >= 11 is 0. The van der Waals surface area contributed by atoms with Gasteiger partial charge in [0.1, 0.15) is 17.4 Å². The Balaban J connectivity index is 1.36. The van der Waals surface area contributed by atoms with Crippen molar-refractivity contribution < 1.29 is 13.9 Å². The standard InChI is InChI=1S/C29H26FN9O2/c1-29(2,3)25-14-26(39(37-25)20-7-5-6-18(12-20)15-31)36-27(40)34-24-13-21(8-9-22(24)30)41-28-32-11-10-23(35-28)19-16-33-38(4)17-19/h5-14,16-17H,1-4H3,(H2,34,36,40). The highest BCUT2D eigenvalue weighted by atomic mass is 19.1. The maximum Gasteiger partial charge on any atom is 0.324 e. The van der Waals surface area contributed by atoms with Crippen LogP contribution < -0.4 is 15.4 Å². The minimum Gasteiger partial charge on any atom is -0.424 e. The molecule has 2 N–H and O–H groups in total. The maximum absolute atomic E-state index is 14.7. The monoisotopic (exact) mass is 551 g/mol. The number of nitrogens with one attached hydrogen (secondary N) is 2. The second-order valence-corrected chi connectivity index (χ2v) is 10.2. The van der Waals surface area contributed by atoms with Crippen molar-refractivity contribution in [2.45, 2.75) is 26.2 Å². The molecular weight excluding hydrogens is 525 g/mol. The van der Waals surface area contributed by atoms with Crippen molar-refractivity contribution in [3.63, 3.8) is 0 Å². The lowest BCUT2D eigenvalue weighted by Crippen LogP contribution is -2.22. The van der Waals surface area contributed by atoms with E-state index in [9.17, 15) is 14.4 Å². The topological polar surface area (TPSA) is 136 Å². The number of carbonyl (C=O) groups is 1. The molecule has 0 atom stereocenters. The zero-order chi connectivity index (χ0) is 29.1. The first kappa shape index (κ1) is 27.0. The molecule has 0 fully saturated rings. The van der Waals surface area contributed by atoms with Gasteiger partial charge < -0.3 is 10.1 Å². The predicted molar refractivity (Wildman–Crippen MR) is 150 cm³/mol. The van der Waals surface area contributed by atoms with Gasteiger partial charge in [0.25, 0.3) is 0 Å². The van der Waals surface area contributed by atoms with Gasteiger partial charge in [-0.15, -0.1) is 0 Å². The smallest absolute Gasteiger partial charge is 0.324 e. The van der Waals surface area contributed by atoms with E-state index in [0.29, 0.717) is 28.5 Å². The number of benzene rings is 2. The molecule has 41 heavy (non-hydrogen) atoms. The molecule has 12 heteroatoms. The van der Waals surface area contributed by atoms with Crippen LogP contribution in [0.1, 0.15) is 32.0 Å². The summed E-state index contributed by atoms with van der Waals surface area (Å²) < 4.78 is 23.6. The molecule has 11 nitrogen and oxygen atoms in total. The van der Waals surface area contributed by atoms with Gasteiger partial charge >= 0.3 is 12.0 Å². The molecule has 0 aliphatic rings. The van der Waals surface area contributed by atoms with Crippen LogP contribution in [-0.2, 0) is 12.5 Å². The Morgan fingerprint density at radius 1 is 1.10 bits per heavy atom. The van der Waals surface area contributed by atoms with Gasteiger partial charge in [-0.25, -0.2) is 18.9 Å². The fourth-order valence-corrected chi connectivity index (χ4v) is 3.88. The number of halogens is 1. The largest absolute Gasteiger partial charge is 0.424 e. The molecule has 3 aromatic heterocycles. The first-order valence-corrected chi connectivity index (χ1v) is 12.6. The summed E-state index contributed by atoms with van der Waals surface area (Å²) in [5.74, 6) is -0.0995. The molecule has 3 heterocycles. The van der Waals surface area contributed by atoms with Gasteiger partial charge in [0, 0.05) is 42.6 Å². The predicted octanol–water partition coefficient (Wildman–Crippen LogP) is 5.81. The highest BCUT2D eigenvalue weighted by Gasteiger charge is 2.22. The first-order valence-electron chi connectivity index (χ1n) is 12.6. The van der Waals surface area contributed by atoms with E-state index in [-0.39, 0.29) is 22.9 Å². The van der Waals surface area contributed by atoms with Crippen LogP contribution in [0.15, 0.2) is 73.2 Å². The normalized spacial score (nSPS) is 11.1. The van der Waals surface area contributed by atoms with Crippen LogP contribution in [-0.4, -0.2) is 35.6 Å². The molecule has 2 aromatic carbocycles. The number of nitriles is 1.